The zero-order chi connectivity index (χ0) is 19.6. The van der Waals surface area contributed by atoms with Crippen LogP contribution in [0.2, 0.25) is 5.15 Å². The first kappa shape index (κ1) is 25.1. The summed E-state index contributed by atoms with van der Waals surface area (Å²) in [5.41, 5.74) is 1.58. The van der Waals surface area contributed by atoms with E-state index in [2.05, 4.69) is 53.7 Å². The Kier molecular flexibility index (Phi) is 12.5. The lowest BCUT2D eigenvalue weighted by Gasteiger charge is -1.96. The van der Waals surface area contributed by atoms with Crippen LogP contribution < -0.4 is 5.56 Å². The standard InChI is InChI=1S/C6H7ClN2S.C6H8N2OS.Cl3OP/c1-4-3-5(7)9-6(8-4)10-2;1-4-3-5(9)8-6(7-4)10-2;1-5(2,3)4/h3H,1-2H3;3H,1-2H3,(H,7,8,9);. The molecule has 2 aromatic rings. The van der Waals surface area contributed by atoms with Crippen molar-refractivity contribution in [1.29, 1.82) is 0 Å². The smallest absolute Gasteiger partial charge is 0.301 e. The summed E-state index contributed by atoms with van der Waals surface area (Å²) in [6.07, 6.45) is 3.79. The van der Waals surface area contributed by atoms with Gasteiger partial charge in [0, 0.05) is 17.5 Å². The Balaban J connectivity index is 0.000000368. The molecule has 140 valence electrons. The minimum Gasteiger partial charge on any atom is -0.301 e. The van der Waals surface area contributed by atoms with E-state index in [-0.39, 0.29) is 5.56 Å². The van der Waals surface area contributed by atoms with Gasteiger partial charge in [0.25, 0.3) is 5.56 Å². The van der Waals surface area contributed by atoms with Gasteiger partial charge in [-0.15, -0.1) is 0 Å². The van der Waals surface area contributed by atoms with E-state index in [0.717, 1.165) is 16.5 Å². The van der Waals surface area contributed by atoms with Crippen molar-refractivity contribution >= 4 is 74.0 Å². The third-order valence-electron chi connectivity index (χ3n) is 2.03. The van der Waals surface area contributed by atoms with Crippen LogP contribution in [-0.2, 0) is 4.57 Å². The molecule has 2 rings (SSSR count). The number of aryl methyl sites for hydroxylation is 2. The molecule has 2 heterocycles. The third-order valence-corrected chi connectivity index (χ3v) is 3.35. The molecule has 0 aliphatic carbocycles. The van der Waals surface area contributed by atoms with Gasteiger partial charge in [0.15, 0.2) is 10.3 Å². The highest BCUT2D eigenvalue weighted by Gasteiger charge is 2.03. The van der Waals surface area contributed by atoms with Crippen LogP contribution in [0.4, 0.5) is 0 Å². The van der Waals surface area contributed by atoms with Gasteiger partial charge in [-0.25, -0.2) is 15.0 Å². The second-order valence-electron chi connectivity index (χ2n) is 4.11. The molecule has 0 bridgehead atoms. The number of hydrogen-bond donors (Lipinski definition) is 1. The molecule has 0 unspecified atom stereocenters. The molecule has 0 radical (unpaired) electrons. The van der Waals surface area contributed by atoms with E-state index < -0.39 is 5.20 Å². The summed E-state index contributed by atoms with van der Waals surface area (Å²) in [5, 5.41) is -1.31. The van der Waals surface area contributed by atoms with Crippen molar-refractivity contribution in [2.24, 2.45) is 0 Å². The van der Waals surface area contributed by atoms with Crippen LogP contribution in [0.15, 0.2) is 27.2 Å². The van der Waals surface area contributed by atoms with Crippen LogP contribution in [0.25, 0.3) is 0 Å². The first-order valence-electron chi connectivity index (χ1n) is 6.30. The largest absolute Gasteiger partial charge is 0.339 e. The average molecular weight is 484 g/mol. The molecule has 0 fully saturated rings. The molecule has 0 saturated carbocycles. The summed E-state index contributed by atoms with van der Waals surface area (Å²) >= 11 is 22.4. The molecular formula is C12H15Cl4N4O2PS2. The maximum atomic E-state index is 10.8. The Bertz CT molecular complexity index is 759. The summed E-state index contributed by atoms with van der Waals surface area (Å²) in [4.78, 5) is 25.5. The van der Waals surface area contributed by atoms with Crippen molar-refractivity contribution in [2.75, 3.05) is 12.5 Å². The van der Waals surface area contributed by atoms with Gasteiger partial charge in [0.2, 0.25) is 0 Å². The first-order valence-corrected chi connectivity index (χ1v) is 13.6. The Morgan fingerprint density at radius 2 is 1.52 bits per heavy atom. The summed E-state index contributed by atoms with van der Waals surface area (Å²) in [6, 6.07) is 3.21. The lowest BCUT2D eigenvalue weighted by molar-refractivity contribution is 0.600. The average Bonchev–Trinajstić information content (AvgIpc) is 2.44. The van der Waals surface area contributed by atoms with Gasteiger partial charge in [-0.2, -0.15) is 0 Å². The molecule has 0 aromatic carbocycles. The lowest BCUT2D eigenvalue weighted by atomic mass is 10.5. The molecule has 25 heavy (non-hydrogen) atoms. The molecule has 2 aromatic heterocycles. The van der Waals surface area contributed by atoms with Gasteiger partial charge in [0.05, 0.1) is 0 Å². The molecular weight excluding hydrogens is 469 g/mol. The maximum absolute atomic E-state index is 10.8. The molecule has 6 nitrogen and oxygen atoms in total. The van der Waals surface area contributed by atoms with E-state index in [1.165, 1.54) is 29.6 Å². The van der Waals surface area contributed by atoms with Crippen LogP contribution in [0.5, 0.6) is 0 Å². The number of aromatic amines is 1. The van der Waals surface area contributed by atoms with Crippen LogP contribution in [0.3, 0.4) is 0 Å². The highest BCUT2D eigenvalue weighted by Crippen LogP contribution is 2.61. The fraction of sp³-hybridized carbons (Fsp3) is 0.333. The number of thioether (sulfide) groups is 2. The minimum atomic E-state index is -3.22. The van der Waals surface area contributed by atoms with E-state index in [1.54, 1.807) is 13.0 Å². The van der Waals surface area contributed by atoms with Gasteiger partial charge in [-0.1, -0.05) is 35.1 Å². The second kappa shape index (κ2) is 12.4. The fourth-order valence-electron chi connectivity index (χ4n) is 1.24. The van der Waals surface area contributed by atoms with Crippen molar-refractivity contribution < 1.29 is 4.57 Å². The van der Waals surface area contributed by atoms with Crippen LogP contribution >= 0.6 is 74.0 Å². The van der Waals surface area contributed by atoms with Crippen molar-refractivity contribution in [1.82, 2.24) is 19.9 Å². The van der Waals surface area contributed by atoms with Gasteiger partial charge < -0.3 is 4.98 Å². The predicted molar refractivity (Wildman–Crippen MR) is 110 cm³/mol. The van der Waals surface area contributed by atoms with Crippen molar-refractivity contribution in [3.8, 4) is 0 Å². The summed E-state index contributed by atoms with van der Waals surface area (Å²) in [7, 11) is 0. The molecule has 0 aliphatic rings. The van der Waals surface area contributed by atoms with Gasteiger partial charge in [-0.05, 0) is 66.1 Å². The predicted octanol–water partition coefficient (Wildman–Crippen LogP) is 5.77. The van der Waals surface area contributed by atoms with Crippen LogP contribution in [-0.4, -0.2) is 32.4 Å². The molecule has 0 amide bonds. The number of aromatic nitrogens is 4. The zero-order valence-electron chi connectivity index (χ0n) is 13.6. The number of nitrogens with one attached hydrogen (secondary N) is 1. The SMILES string of the molecule is CSc1nc(C)cc(=O)[nH]1.CSc1nc(C)cc(Cl)n1.O=P(Cl)(Cl)Cl. The van der Waals surface area contributed by atoms with E-state index in [9.17, 15) is 9.36 Å². The van der Waals surface area contributed by atoms with Crippen LogP contribution in [0, 0.1) is 13.8 Å². The van der Waals surface area contributed by atoms with E-state index >= 15 is 0 Å². The third kappa shape index (κ3) is 14.9. The Morgan fingerprint density at radius 1 is 1.00 bits per heavy atom. The fourth-order valence-corrected chi connectivity index (χ4v) is 2.39. The quantitative estimate of drug-likeness (QED) is 0.251. The van der Waals surface area contributed by atoms with Gasteiger partial charge in [0.1, 0.15) is 5.15 Å². The van der Waals surface area contributed by atoms with Crippen LogP contribution in [0.1, 0.15) is 11.4 Å². The minimum absolute atomic E-state index is 0.0862. The van der Waals surface area contributed by atoms with Crippen molar-refractivity contribution in [3.63, 3.8) is 0 Å². The van der Waals surface area contributed by atoms with Gasteiger partial charge >= 0.3 is 5.20 Å². The van der Waals surface area contributed by atoms with Crippen molar-refractivity contribution in [3.05, 3.63) is 39.0 Å². The number of H-pyrrole nitrogens is 1. The van der Waals surface area contributed by atoms with E-state index in [1.807, 2.05) is 19.4 Å². The molecule has 0 atom stereocenters. The van der Waals surface area contributed by atoms with E-state index in [4.69, 9.17) is 11.6 Å². The molecule has 0 spiro atoms. The summed E-state index contributed by atoms with van der Waals surface area (Å²) < 4.78 is 9.51. The molecule has 0 saturated heterocycles. The Labute approximate surface area is 173 Å². The summed E-state index contributed by atoms with van der Waals surface area (Å²) in [5.74, 6) is 0. The molecule has 0 aliphatic heterocycles. The number of hydrogen-bond acceptors (Lipinski definition) is 7. The summed E-state index contributed by atoms with van der Waals surface area (Å²) in [6.45, 7) is 3.70. The molecule has 1 N–H and O–H groups in total. The second-order valence-corrected chi connectivity index (χ2v) is 12.7. The number of rotatable bonds is 2. The Morgan fingerprint density at radius 3 is 1.92 bits per heavy atom. The normalized spacial score (nSPS) is 10.2. The first-order chi connectivity index (χ1) is 11.4. The zero-order valence-corrected chi connectivity index (χ0v) is 19.1. The highest BCUT2D eigenvalue weighted by atomic mass is 36.0. The maximum Gasteiger partial charge on any atom is 0.339 e. The Hall–Kier alpha value is 0.0500. The topological polar surface area (TPSA) is 88.6 Å². The van der Waals surface area contributed by atoms with Gasteiger partial charge in [-0.3, -0.25) is 9.36 Å². The number of nitrogens with zero attached hydrogens (tertiary/aromatic N) is 3. The lowest BCUT2D eigenvalue weighted by Crippen LogP contribution is -2.07. The van der Waals surface area contributed by atoms with Crippen molar-refractivity contribution in [2.45, 2.75) is 24.2 Å². The molecule has 13 heteroatoms. The monoisotopic (exact) mass is 482 g/mol. The van der Waals surface area contributed by atoms with E-state index in [0.29, 0.717) is 10.3 Å². The number of halogens is 4. The highest BCUT2D eigenvalue weighted by molar-refractivity contribution is 8.24.